The molecule has 4 nitrogen and oxygen atoms in total. The minimum atomic E-state index is -1.16. The number of carboxylic acid groups (broad SMARTS) is 1. The molecule has 0 saturated heterocycles. The van der Waals surface area contributed by atoms with Crippen molar-refractivity contribution in [3.63, 3.8) is 0 Å². The smallest absolute Gasteiger partial charge is 0.307 e. The molecule has 0 spiro atoms. The molecule has 3 N–H and O–H groups in total. The summed E-state index contributed by atoms with van der Waals surface area (Å²) in [4.78, 5) is 23.3. The fraction of sp³-hybridized carbons (Fsp3) is 0.500. The summed E-state index contributed by atoms with van der Waals surface area (Å²) >= 11 is 0. The summed E-state index contributed by atoms with van der Waals surface area (Å²) in [5.41, 5.74) is 6.08. The molecular weight excluding hydrogens is 292 g/mol. The number of Topliss-reactive ketones (excluding diaryl/α,β-unsaturated/α-hetero) is 1. The lowest BCUT2D eigenvalue weighted by Crippen LogP contribution is -2.34. The van der Waals surface area contributed by atoms with Crippen LogP contribution in [-0.4, -0.2) is 22.9 Å². The van der Waals surface area contributed by atoms with Crippen molar-refractivity contribution < 1.29 is 23.5 Å². The molecular formula is C16H21F2NO3. The molecule has 0 aliphatic carbocycles. The van der Waals surface area contributed by atoms with Gasteiger partial charge in [0.2, 0.25) is 0 Å². The van der Waals surface area contributed by atoms with E-state index in [1.807, 2.05) is 13.8 Å². The number of carboxylic acids is 1. The van der Waals surface area contributed by atoms with Crippen LogP contribution in [0.4, 0.5) is 8.78 Å². The van der Waals surface area contributed by atoms with E-state index in [0.717, 1.165) is 12.1 Å². The van der Waals surface area contributed by atoms with Crippen LogP contribution in [0.3, 0.4) is 0 Å². The van der Waals surface area contributed by atoms with Gasteiger partial charge in [-0.2, -0.15) is 0 Å². The van der Waals surface area contributed by atoms with Crippen molar-refractivity contribution in [2.24, 2.45) is 17.6 Å². The van der Waals surface area contributed by atoms with Crippen molar-refractivity contribution in [1.82, 2.24) is 0 Å². The fourth-order valence-corrected chi connectivity index (χ4v) is 2.23. The van der Waals surface area contributed by atoms with Gasteiger partial charge in [0.15, 0.2) is 11.6 Å². The second kappa shape index (κ2) is 7.98. The van der Waals surface area contributed by atoms with E-state index in [9.17, 15) is 23.5 Å². The molecule has 0 radical (unpaired) electrons. The zero-order valence-corrected chi connectivity index (χ0v) is 12.7. The summed E-state index contributed by atoms with van der Waals surface area (Å²) in [6.45, 7) is 3.84. The molecule has 0 amide bonds. The predicted molar refractivity (Wildman–Crippen MR) is 78.2 cm³/mol. The van der Waals surface area contributed by atoms with Gasteiger partial charge in [0.05, 0.1) is 12.0 Å². The van der Waals surface area contributed by atoms with Gasteiger partial charge in [0.25, 0.3) is 0 Å². The molecule has 0 heterocycles. The van der Waals surface area contributed by atoms with Crippen LogP contribution in [0, 0.1) is 23.5 Å². The number of hydrogen-bond acceptors (Lipinski definition) is 3. The lowest BCUT2D eigenvalue weighted by Gasteiger charge is -2.16. The van der Waals surface area contributed by atoms with E-state index in [1.165, 1.54) is 6.07 Å². The molecule has 1 aromatic carbocycles. The van der Waals surface area contributed by atoms with Crippen molar-refractivity contribution >= 4 is 11.8 Å². The number of aliphatic carboxylic acids is 1. The van der Waals surface area contributed by atoms with Crippen molar-refractivity contribution in [3.05, 3.63) is 35.4 Å². The predicted octanol–water partition coefficient (Wildman–Crippen LogP) is 2.54. The lowest BCUT2D eigenvalue weighted by molar-refractivity contribution is -0.143. The zero-order chi connectivity index (χ0) is 16.9. The average Bonchev–Trinajstić information content (AvgIpc) is 2.41. The summed E-state index contributed by atoms with van der Waals surface area (Å²) in [6, 6.07) is 2.50. The quantitative estimate of drug-likeness (QED) is 0.773. The second-order valence-corrected chi connectivity index (χ2v) is 5.89. The van der Waals surface area contributed by atoms with Crippen LogP contribution in [0.25, 0.3) is 0 Å². The van der Waals surface area contributed by atoms with Crippen LogP contribution < -0.4 is 5.73 Å². The van der Waals surface area contributed by atoms with E-state index in [-0.39, 0.29) is 24.5 Å². The van der Waals surface area contributed by atoms with Crippen LogP contribution in [0.1, 0.15) is 32.3 Å². The van der Waals surface area contributed by atoms with Crippen LogP contribution in [-0.2, 0) is 16.0 Å². The first-order valence-corrected chi connectivity index (χ1v) is 7.15. The summed E-state index contributed by atoms with van der Waals surface area (Å²) in [7, 11) is 0. The monoisotopic (exact) mass is 313 g/mol. The molecule has 0 aliphatic heterocycles. The van der Waals surface area contributed by atoms with Gasteiger partial charge in [0.1, 0.15) is 5.78 Å². The Bertz CT molecular complexity index is 546. The van der Waals surface area contributed by atoms with E-state index in [1.54, 1.807) is 0 Å². The highest BCUT2D eigenvalue weighted by atomic mass is 19.2. The lowest BCUT2D eigenvalue weighted by atomic mass is 9.90. The molecule has 22 heavy (non-hydrogen) atoms. The normalized spacial score (nSPS) is 13.9. The molecule has 0 fully saturated rings. The Hall–Kier alpha value is -1.82. The third-order valence-corrected chi connectivity index (χ3v) is 3.40. The van der Waals surface area contributed by atoms with Crippen LogP contribution in [0.15, 0.2) is 18.2 Å². The summed E-state index contributed by atoms with van der Waals surface area (Å²) < 4.78 is 26.0. The fourth-order valence-electron chi connectivity index (χ4n) is 2.23. The SMILES string of the molecule is CC(C)C[C@H](N)C(=O)CC(Cc1ccc(F)c(F)c1)C(=O)O. The van der Waals surface area contributed by atoms with Crippen LogP contribution >= 0.6 is 0 Å². The highest BCUT2D eigenvalue weighted by molar-refractivity contribution is 5.87. The Morgan fingerprint density at radius 1 is 1.23 bits per heavy atom. The Kier molecular flexibility index (Phi) is 6.61. The summed E-state index contributed by atoms with van der Waals surface area (Å²) in [5.74, 6) is -4.29. The third-order valence-electron chi connectivity index (χ3n) is 3.40. The molecule has 1 aromatic rings. The average molecular weight is 313 g/mol. The number of benzene rings is 1. The minimum absolute atomic E-state index is 0.0489. The van der Waals surface area contributed by atoms with Gasteiger partial charge in [-0.05, 0) is 36.5 Å². The molecule has 6 heteroatoms. The van der Waals surface area contributed by atoms with Crippen molar-refractivity contribution in [2.45, 2.75) is 39.2 Å². The molecule has 0 aliphatic rings. The van der Waals surface area contributed by atoms with Gasteiger partial charge in [-0.25, -0.2) is 8.78 Å². The van der Waals surface area contributed by atoms with E-state index in [0.29, 0.717) is 12.0 Å². The summed E-state index contributed by atoms with van der Waals surface area (Å²) in [5, 5.41) is 9.21. The van der Waals surface area contributed by atoms with E-state index in [4.69, 9.17) is 5.73 Å². The number of carbonyl (C=O) groups excluding carboxylic acids is 1. The van der Waals surface area contributed by atoms with Gasteiger partial charge >= 0.3 is 5.97 Å². The maximum atomic E-state index is 13.2. The number of nitrogens with two attached hydrogens (primary N) is 1. The largest absolute Gasteiger partial charge is 0.481 e. The maximum Gasteiger partial charge on any atom is 0.307 e. The maximum absolute atomic E-state index is 13.2. The van der Waals surface area contributed by atoms with Crippen molar-refractivity contribution in [1.29, 1.82) is 0 Å². The van der Waals surface area contributed by atoms with Crippen molar-refractivity contribution in [3.8, 4) is 0 Å². The number of ketones is 1. The van der Waals surface area contributed by atoms with Gasteiger partial charge in [-0.15, -0.1) is 0 Å². The molecule has 122 valence electrons. The number of hydrogen-bond donors (Lipinski definition) is 2. The van der Waals surface area contributed by atoms with E-state index < -0.39 is 29.6 Å². The van der Waals surface area contributed by atoms with Gasteiger partial charge < -0.3 is 10.8 Å². The molecule has 2 atom stereocenters. The molecule has 0 saturated carbocycles. The Morgan fingerprint density at radius 2 is 1.86 bits per heavy atom. The number of rotatable bonds is 8. The van der Waals surface area contributed by atoms with Crippen molar-refractivity contribution in [2.75, 3.05) is 0 Å². The first-order valence-electron chi connectivity index (χ1n) is 7.15. The standard InChI is InChI=1S/C16H21F2NO3/c1-9(2)5-14(19)15(20)8-11(16(21)22)6-10-3-4-12(17)13(18)7-10/h3-4,7,9,11,14H,5-6,8,19H2,1-2H3,(H,21,22)/t11?,14-/m0/s1. The van der Waals surface area contributed by atoms with E-state index >= 15 is 0 Å². The Balaban J connectivity index is 2.75. The summed E-state index contributed by atoms with van der Waals surface area (Å²) in [6.07, 6.45) is 0.214. The van der Waals surface area contributed by atoms with E-state index in [2.05, 4.69) is 0 Å². The first kappa shape index (κ1) is 18.2. The second-order valence-electron chi connectivity index (χ2n) is 5.89. The highest BCUT2D eigenvalue weighted by Crippen LogP contribution is 2.17. The number of carbonyl (C=O) groups is 2. The Labute approximate surface area is 128 Å². The minimum Gasteiger partial charge on any atom is -0.481 e. The molecule has 1 rings (SSSR count). The van der Waals surface area contributed by atoms with Crippen LogP contribution in [0.5, 0.6) is 0 Å². The molecule has 0 aromatic heterocycles. The highest BCUT2D eigenvalue weighted by Gasteiger charge is 2.25. The first-order chi connectivity index (χ1) is 10.2. The number of halogens is 2. The third kappa shape index (κ3) is 5.52. The topological polar surface area (TPSA) is 80.4 Å². The van der Waals surface area contributed by atoms with Crippen LogP contribution in [0.2, 0.25) is 0 Å². The van der Waals surface area contributed by atoms with Gasteiger partial charge in [0, 0.05) is 6.42 Å². The zero-order valence-electron chi connectivity index (χ0n) is 12.7. The molecule has 1 unspecified atom stereocenters. The van der Waals surface area contributed by atoms with Gasteiger partial charge in [-0.1, -0.05) is 19.9 Å². The Morgan fingerprint density at radius 3 is 2.36 bits per heavy atom. The van der Waals surface area contributed by atoms with Gasteiger partial charge in [-0.3, -0.25) is 9.59 Å². The molecule has 0 bridgehead atoms.